The maximum absolute atomic E-state index is 12.8. The van der Waals surface area contributed by atoms with Gasteiger partial charge in [0.15, 0.2) is 6.10 Å². The molecule has 0 saturated heterocycles. The van der Waals surface area contributed by atoms with Gasteiger partial charge in [-0.3, -0.25) is 14.4 Å². The fraction of sp³-hybridized carbons (Fsp3) is 0.873. The molecule has 0 amide bonds. The van der Waals surface area contributed by atoms with Crippen LogP contribution in [-0.2, 0) is 28.6 Å². The van der Waals surface area contributed by atoms with Crippen molar-refractivity contribution in [3.05, 3.63) is 36.5 Å². The standard InChI is InChI=1S/C71H132O6/c1-4-7-10-13-15-17-19-21-23-25-27-28-29-30-31-32-33-34-35-36-37-38-39-40-41-42-44-45-47-49-51-53-55-58-61-64-70(73)76-67-68(66-75-69(72)63-60-57-12-9-6-3)77-71(74)65-62-59-56-54-52-50-48-46-43-26-24-22-20-18-16-14-11-8-5-2/h16,18,22,24,43,46,68H,4-15,17,19-21,23,25-42,44-45,47-67H2,1-3H3/b18-16-,24-22-,46-43-. The summed E-state index contributed by atoms with van der Waals surface area (Å²) in [6.45, 7) is 6.57. The third-order valence-corrected chi connectivity index (χ3v) is 15.6. The molecule has 0 fully saturated rings. The summed E-state index contributed by atoms with van der Waals surface area (Å²) in [6.07, 6.45) is 82.5. The lowest BCUT2D eigenvalue weighted by molar-refractivity contribution is -0.167. The lowest BCUT2D eigenvalue weighted by Crippen LogP contribution is -2.30. The number of allylic oxidation sites excluding steroid dienone is 6. The van der Waals surface area contributed by atoms with Crippen molar-refractivity contribution in [2.24, 2.45) is 0 Å². The van der Waals surface area contributed by atoms with Crippen molar-refractivity contribution in [3.8, 4) is 0 Å². The Balaban J connectivity index is 3.87. The first-order chi connectivity index (χ1) is 38.0. The van der Waals surface area contributed by atoms with E-state index in [1.807, 2.05) is 0 Å². The van der Waals surface area contributed by atoms with Crippen LogP contribution in [0.15, 0.2) is 36.5 Å². The Labute approximate surface area is 480 Å². The Morgan fingerprint density at radius 2 is 0.468 bits per heavy atom. The zero-order valence-electron chi connectivity index (χ0n) is 52.0. The first kappa shape index (κ1) is 74.6. The van der Waals surface area contributed by atoms with Gasteiger partial charge in [0.1, 0.15) is 13.2 Å². The summed E-state index contributed by atoms with van der Waals surface area (Å²) in [7, 11) is 0. The van der Waals surface area contributed by atoms with Gasteiger partial charge in [-0.2, -0.15) is 0 Å². The van der Waals surface area contributed by atoms with E-state index in [9.17, 15) is 14.4 Å². The summed E-state index contributed by atoms with van der Waals surface area (Å²) in [4.78, 5) is 37.9. The zero-order chi connectivity index (χ0) is 55.7. The number of hydrogen-bond acceptors (Lipinski definition) is 6. The van der Waals surface area contributed by atoms with Crippen molar-refractivity contribution in [1.82, 2.24) is 0 Å². The molecule has 0 aliphatic rings. The Hall–Kier alpha value is -2.37. The number of ether oxygens (including phenoxy) is 3. The van der Waals surface area contributed by atoms with Crippen molar-refractivity contribution >= 4 is 17.9 Å². The van der Waals surface area contributed by atoms with E-state index in [-0.39, 0.29) is 31.1 Å². The zero-order valence-corrected chi connectivity index (χ0v) is 52.0. The van der Waals surface area contributed by atoms with Crippen LogP contribution in [0.25, 0.3) is 0 Å². The van der Waals surface area contributed by atoms with Crippen LogP contribution in [0.2, 0.25) is 0 Å². The molecule has 0 spiro atoms. The Kier molecular flexibility index (Phi) is 64.1. The molecule has 0 saturated carbocycles. The quantitative estimate of drug-likeness (QED) is 0.0261. The minimum atomic E-state index is -0.774. The van der Waals surface area contributed by atoms with Gasteiger partial charge in [0, 0.05) is 19.3 Å². The molecule has 0 aromatic rings. The van der Waals surface area contributed by atoms with E-state index in [4.69, 9.17) is 14.2 Å². The number of carbonyl (C=O) groups is 3. The van der Waals surface area contributed by atoms with Crippen LogP contribution < -0.4 is 0 Å². The van der Waals surface area contributed by atoms with E-state index in [0.29, 0.717) is 19.3 Å². The fourth-order valence-electron chi connectivity index (χ4n) is 10.5. The number of hydrogen-bond donors (Lipinski definition) is 0. The highest BCUT2D eigenvalue weighted by atomic mass is 16.6. The lowest BCUT2D eigenvalue weighted by atomic mass is 10.0. The molecule has 1 atom stereocenters. The van der Waals surface area contributed by atoms with Crippen LogP contribution in [0.3, 0.4) is 0 Å². The minimum absolute atomic E-state index is 0.0741. The van der Waals surface area contributed by atoms with Crippen LogP contribution in [0.1, 0.15) is 380 Å². The van der Waals surface area contributed by atoms with Crippen molar-refractivity contribution in [2.75, 3.05) is 13.2 Å². The maximum Gasteiger partial charge on any atom is 0.306 e. The summed E-state index contributed by atoms with van der Waals surface area (Å²) >= 11 is 0. The first-order valence-corrected chi connectivity index (χ1v) is 34.5. The van der Waals surface area contributed by atoms with E-state index < -0.39 is 6.10 Å². The van der Waals surface area contributed by atoms with Gasteiger partial charge in [-0.15, -0.1) is 0 Å². The summed E-state index contributed by atoms with van der Waals surface area (Å²) in [5.41, 5.74) is 0. The van der Waals surface area contributed by atoms with Gasteiger partial charge >= 0.3 is 17.9 Å². The average Bonchev–Trinajstić information content (AvgIpc) is 3.43. The Bertz CT molecular complexity index is 1290. The van der Waals surface area contributed by atoms with Gasteiger partial charge in [-0.25, -0.2) is 0 Å². The molecule has 6 heteroatoms. The Morgan fingerprint density at radius 1 is 0.260 bits per heavy atom. The number of rotatable bonds is 64. The molecule has 0 rings (SSSR count). The predicted molar refractivity (Wildman–Crippen MR) is 335 cm³/mol. The molecule has 0 aliphatic heterocycles. The van der Waals surface area contributed by atoms with Crippen molar-refractivity contribution in [1.29, 1.82) is 0 Å². The SMILES string of the molecule is CCCCC/C=C\C/C=C\C/C=C\CCCCCCCCC(=O)OC(COC(=O)CCCCCCC)COC(=O)CCCCCCCCCCCCCCCCCCCCCCCCCCCCCCCCCCCCC. The number of unbranched alkanes of at least 4 members (excludes halogenated alkanes) is 47. The summed E-state index contributed by atoms with van der Waals surface area (Å²) in [6, 6.07) is 0. The van der Waals surface area contributed by atoms with E-state index in [1.165, 1.54) is 257 Å². The third kappa shape index (κ3) is 64.3. The highest BCUT2D eigenvalue weighted by molar-refractivity contribution is 5.71. The van der Waals surface area contributed by atoms with Gasteiger partial charge in [0.25, 0.3) is 0 Å². The monoisotopic (exact) mass is 1080 g/mol. The summed E-state index contributed by atoms with van der Waals surface area (Å²) in [5.74, 6) is -0.881. The first-order valence-electron chi connectivity index (χ1n) is 34.5. The third-order valence-electron chi connectivity index (χ3n) is 15.6. The molecular weight excluding hydrogens is 949 g/mol. The largest absolute Gasteiger partial charge is 0.462 e. The molecule has 0 radical (unpaired) electrons. The second kappa shape index (κ2) is 66.1. The molecule has 0 heterocycles. The highest BCUT2D eigenvalue weighted by Crippen LogP contribution is 2.19. The molecule has 452 valence electrons. The summed E-state index contributed by atoms with van der Waals surface area (Å²) < 4.78 is 16.8. The normalized spacial score (nSPS) is 12.2. The smallest absolute Gasteiger partial charge is 0.306 e. The van der Waals surface area contributed by atoms with Crippen molar-refractivity contribution in [2.45, 2.75) is 386 Å². The van der Waals surface area contributed by atoms with Crippen molar-refractivity contribution < 1.29 is 28.6 Å². The van der Waals surface area contributed by atoms with Gasteiger partial charge in [0.05, 0.1) is 0 Å². The predicted octanol–water partition coefficient (Wildman–Crippen LogP) is 23.6. The lowest BCUT2D eigenvalue weighted by Gasteiger charge is -2.18. The molecule has 1 unspecified atom stereocenters. The molecule has 0 bridgehead atoms. The fourth-order valence-corrected chi connectivity index (χ4v) is 10.5. The average molecular weight is 1080 g/mol. The summed E-state index contributed by atoms with van der Waals surface area (Å²) in [5, 5.41) is 0. The Morgan fingerprint density at radius 3 is 0.753 bits per heavy atom. The van der Waals surface area contributed by atoms with E-state index >= 15 is 0 Å². The molecule has 0 aromatic carbocycles. The van der Waals surface area contributed by atoms with E-state index in [0.717, 1.165) is 83.5 Å². The second-order valence-corrected chi connectivity index (χ2v) is 23.5. The van der Waals surface area contributed by atoms with E-state index in [1.54, 1.807) is 0 Å². The molecule has 0 aromatic heterocycles. The second-order valence-electron chi connectivity index (χ2n) is 23.5. The topological polar surface area (TPSA) is 78.9 Å². The molecule has 77 heavy (non-hydrogen) atoms. The maximum atomic E-state index is 12.8. The number of esters is 3. The number of carbonyl (C=O) groups excluding carboxylic acids is 3. The van der Waals surface area contributed by atoms with Crippen LogP contribution in [-0.4, -0.2) is 37.2 Å². The van der Waals surface area contributed by atoms with Crippen LogP contribution in [0.5, 0.6) is 0 Å². The van der Waals surface area contributed by atoms with Crippen LogP contribution in [0, 0.1) is 0 Å². The molecule has 6 nitrogen and oxygen atoms in total. The molecule has 0 aliphatic carbocycles. The van der Waals surface area contributed by atoms with Gasteiger partial charge < -0.3 is 14.2 Å². The van der Waals surface area contributed by atoms with E-state index in [2.05, 4.69) is 57.2 Å². The van der Waals surface area contributed by atoms with Gasteiger partial charge in [-0.05, 0) is 57.8 Å². The van der Waals surface area contributed by atoms with Crippen LogP contribution >= 0.6 is 0 Å². The minimum Gasteiger partial charge on any atom is -0.462 e. The molecule has 0 N–H and O–H groups in total. The molecular formula is C71H132O6. The highest BCUT2D eigenvalue weighted by Gasteiger charge is 2.19. The van der Waals surface area contributed by atoms with Crippen LogP contribution in [0.4, 0.5) is 0 Å². The van der Waals surface area contributed by atoms with Crippen molar-refractivity contribution in [3.63, 3.8) is 0 Å². The van der Waals surface area contributed by atoms with Gasteiger partial charge in [-0.1, -0.05) is 340 Å². The van der Waals surface area contributed by atoms with Gasteiger partial charge in [0.2, 0.25) is 0 Å².